The lowest BCUT2D eigenvalue weighted by Gasteiger charge is -2.13. The van der Waals surface area contributed by atoms with E-state index < -0.39 is 5.82 Å². The van der Waals surface area contributed by atoms with E-state index in [9.17, 15) is 4.39 Å². The van der Waals surface area contributed by atoms with Gasteiger partial charge in [0.15, 0.2) is 18.4 Å². The number of halogens is 2. The number of aromatic nitrogens is 2. The second-order valence-corrected chi connectivity index (χ2v) is 6.16. The van der Waals surface area contributed by atoms with E-state index in [1.807, 2.05) is 6.92 Å². The molecule has 2 heterocycles. The number of benzene rings is 1. The van der Waals surface area contributed by atoms with Gasteiger partial charge in [0, 0.05) is 19.1 Å². The second kappa shape index (κ2) is 6.98. The Labute approximate surface area is 142 Å². The SMILES string of the molecule is COCOc1cc(-c2nc(Br)c3n2C[C@@H](C)OCC3)ccc1F. The quantitative estimate of drug-likeness (QED) is 0.757. The molecule has 0 radical (unpaired) electrons. The minimum atomic E-state index is -0.427. The van der Waals surface area contributed by atoms with Crippen LogP contribution in [0.3, 0.4) is 0 Å². The van der Waals surface area contributed by atoms with E-state index in [1.54, 1.807) is 12.1 Å². The van der Waals surface area contributed by atoms with Gasteiger partial charge in [0.05, 0.1) is 24.9 Å². The van der Waals surface area contributed by atoms with Gasteiger partial charge in [-0.05, 0) is 41.1 Å². The van der Waals surface area contributed by atoms with Crippen molar-refractivity contribution in [1.29, 1.82) is 0 Å². The van der Waals surface area contributed by atoms with E-state index in [0.717, 1.165) is 28.1 Å². The van der Waals surface area contributed by atoms with E-state index >= 15 is 0 Å². The highest BCUT2D eigenvalue weighted by atomic mass is 79.9. The maximum atomic E-state index is 13.8. The molecule has 1 aromatic heterocycles. The molecule has 0 saturated heterocycles. The van der Waals surface area contributed by atoms with Gasteiger partial charge in [-0.3, -0.25) is 0 Å². The minimum absolute atomic E-state index is 0.00533. The summed E-state index contributed by atoms with van der Waals surface area (Å²) in [5.74, 6) is 0.492. The number of rotatable bonds is 4. The minimum Gasteiger partial charge on any atom is -0.464 e. The molecule has 0 amide bonds. The number of methoxy groups -OCH3 is 1. The van der Waals surface area contributed by atoms with Gasteiger partial charge < -0.3 is 18.8 Å². The summed E-state index contributed by atoms with van der Waals surface area (Å²) in [5, 5.41) is 0. The largest absolute Gasteiger partial charge is 0.464 e. The highest BCUT2D eigenvalue weighted by molar-refractivity contribution is 9.10. The predicted molar refractivity (Wildman–Crippen MR) is 86.9 cm³/mol. The fourth-order valence-electron chi connectivity index (χ4n) is 2.65. The Kier molecular flexibility index (Phi) is 4.99. The third-order valence-corrected chi connectivity index (χ3v) is 4.36. The van der Waals surface area contributed by atoms with Gasteiger partial charge in [-0.25, -0.2) is 9.37 Å². The van der Waals surface area contributed by atoms with Gasteiger partial charge in [-0.15, -0.1) is 0 Å². The lowest BCUT2D eigenvalue weighted by molar-refractivity contribution is 0.0483. The van der Waals surface area contributed by atoms with Crippen LogP contribution in [0.25, 0.3) is 11.4 Å². The van der Waals surface area contributed by atoms with Crippen molar-refractivity contribution in [2.75, 3.05) is 20.5 Å². The molecule has 1 aliphatic rings. The van der Waals surface area contributed by atoms with Crippen LogP contribution in [0.15, 0.2) is 22.8 Å². The van der Waals surface area contributed by atoms with Crippen molar-refractivity contribution in [3.8, 4) is 17.1 Å². The fraction of sp³-hybridized carbons (Fsp3) is 0.438. The van der Waals surface area contributed by atoms with Gasteiger partial charge in [-0.2, -0.15) is 0 Å². The lowest BCUT2D eigenvalue weighted by atomic mass is 10.2. The maximum absolute atomic E-state index is 13.8. The lowest BCUT2D eigenvalue weighted by Crippen LogP contribution is -2.15. The van der Waals surface area contributed by atoms with E-state index in [1.165, 1.54) is 13.2 Å². The maximum Gasteiger partial charge on any atom is 0.188 e. The molecule has 1 aromatic carbocycles. The molecule has 1 atom stereocenters. The monoisotopic (exact) mass is 384 g/mol. The van der Waals surface area contributed by atoms with Crippen molar-refractivity contribution in [2.45, 2.75) is 26.0 Å². The first-order valence-electron chi connectivity index (χ1n) is 7.38. The van der Waals surface area contributed by atoms with Crippen LogP contribution in [0, 0.1) is 5.82 Å². The van der Waals surface area contributed by atoms with Crippen LogP contribution >= 0.6 is 15.9 Å². The van der Waals surface area contributed by atoms with Crippen LogP contribution < -0.4 is 4.74 Å². The Bertz CT molecular complexity index is 705. The summed E-state index contributed by atoms with van der Waals surface area (Å²) in [6.07, 6.45) is 0.882. The Balaban J connectivity index is 2.02. The van der Waals surface area contributed by atoms with E-state index in [0.29, 0.717) is 13.2 Å². The molecule has 0 spiro atoms. The van der Waals surface area contributed by atoms with Crippen molar-refractivity contribution in [3.05, 3.63) is 34.3 Å². The molecule has 7 heteroatoms. The zero-order chi connectivity index (χ0) is 16.4. The second-order valence-electron chi connectivity index (χ2n) is 5.41. The van der Waals surface area contributed by atoms with Crippen LogP contribution in [0.4, 0.5) is 4.39 Å². The molecular weight excluding hydrogens is 367 g/mol. The molecule has 0 bridgehead atoms. The first-order chi connectivity index (χ1) is 11.1. The van der Waals surface area contributed by atoms with Crippen LogP contribution in [0.2, 0.25) is 0 Å². The Morgan fingerprint density at radius 3 is 3.09 bits per heavy atom. The standard InChI is InChI=1S/C16H18BrFN2O3/c1-10-8-20-13(5-6-22-10)15(17)19-16(20)11-3-4-12(18)14(7-11)23-9-21-2/h3-4,7,10H,5-6,8-9H2,1-2H3/t10-/m1/s1. The van der Waals surface area contributed by atoms with E-state index in [2.05, 4.69) is 25.5 Å². The van der Waals surface area contributed by atoms with Crippen LogP contribution in [0.1, 0.15) is 12.6 Å². The average Bonchev–Trinajstić information content (AvgIpc) is 2.71. The number of imidazole rings is 1. The molecule has 2 aromatic rings. The van der Waals surface area contributed by atoms with Crippen LogP contribution in [0.5, 0.6) is 5.75 Å². The molecule has 0 fully saturated rings. The van der Waals surface area contributed by atoms with E-state index in [-0.39, 0.29) is 18.6 Å². The van der Waals surface area contributed by atoms with Gasteiger partial charge in [-0.1, -0.05) is 0 Å². The topological polar surface area (TPSA) is 45.5 Å². The smallest absolute Gasteiger partial charge is 0.188 e. The number of hydrogen-bond acceptors (Lipinski definition) is 4. The number of nitrogens with zero attached hydrogens (tertiary/aromatic N) is 2. The summed E-state index contributed by atoms with van der Waals surface area (Å²) in [5.41, 5.74) is 1.88. The predicted octanol–water partition coefficient (Wildman–Crippen LogP) is 3.40. The Morgan fingerprint density at radius 2 is 2.30 bits per heavy atom. The van der Waals surface area contributed by atoms with Gasteiger partial charge in [0.2, 0.25) is 0 Å². The van der Waals surface area contributed by atoms with Gasteiger partial charge >= 0.3 is 0 Å². The van der Waals surface area contributed by atoms with Gasteiger partial charge in [0.1, 0.15) is 10.4 Å². The first kappa shape index (κ1) is 16.4. The molecule has 0 N–H and O–H groups in total. The number of ether oxygens (including phenoxy) is 3. The van der Waals surface area contributed by atoms with Crippen molar-refractivity contribution in [3.63, 3.8) is 0 Å². The molecule has 0 unspecified atom stereocenters. The fourth-order valence-corrected chi connectivity index (χ4v) is 3.23. The van der Waals surface area contributed by atoms with Crippen molar-refractivity contribution in [2.24, 2.45) is 0 Å². The van der Waals surface area contributed by atoms with Crippen molar-refractivity contribution < 1.29 is 18.6 Å². The van der Waals surface area contributed by atoms with Gasteiger partial charge in [0.25, 0.3) is 0 Å². The molecule has 5 nitrogen and oxygen atoms in total. The Hall–Kier alpha value is -1.44. The highest BCUT2D eigenvalue weighted by Crippen LogP contribution is 2.31. The molecule has 0 saturated carbocycles. The van der Waals surface area contributed by atoms with Crippen molar-refractivity contribution in [1.82, 2.24) is 9.55 Å². The zero-order valence-electron chi connectivity index (χ0n) is 13.0. The zero-order valence-corrected chi connectivity index (χ0v) is 14.6. The first-order valence-corrected chi connectivity index (χ1v) is 8.17. The number of hydrogen-bond donors (Lipinski definition) is 0. The highest BCUT2D eigenvalue weighted by Gasteiger charge is 2.22. The molecule has 23 heavy (non-hydrogen) atoms. The Morgan fingerprint density at radius 1 is 1.48 bits per heavy atom. The third kappa shape index (κ3) is 3.41. The van der Waals surface area contributed by atoms with Crippen LogP contribution in [-0.2, 0) is 22.4 Å². The van der Waals surface area contributed by atoms with E-state index in [4.69, 9.17) is 14.2 Å². The molecule has 0 aliphatic carbocycles. The summed E-state index contributed by atoms with van der Waals surface area (Å²) in [7, 11) is 1.49. The number of fused-ring (bicyclic) bond motifs is 1. The normalized spacial score (nSPS) is 17.7. The average molecular weight is 385 g/mol. The third-order valence-electron chi connectivity index (χ3n) is 3.73. The summed E-state index contributed by atoms with van der Waals surface area (Å²) < 4.78 is 32.6. The summed E-state index contributed by atoms with van der Waals surface area (Å²) >= 11 is 3.52. The molecular formula is C16H18BrFN2O3. The van der Waals surface area contributed by atoms with Crippen LogP contribution in [-0.4, -0.2) is 36.2 Å². The summed E-state index contributed by atoms with van der Waals surface area (Å²) in [6.45, 7) is 3.39. The molecule has 1 aliphatic heterocycles. The summed E-state index contributed by atoms with van der Waals surface area (Å²) in [4.78, 5) is 4.60. The molecule has 3 rings (SSSR count). The molecule has 124 valence electrons. The van der Waals surface area contributed by atoms with Crippen molar-refractivity contribution >= 4 is 15.9 Å². The summed E-state index contributed by atoms with van der Waals surface area (Å²) in [6, 6.07) is 4.73.